The van der Waals surface area contributed by atoms with Crippen molar-refractivity contribution in [1.29, 1.82) is 0 Å². The van der Waals surface area contributed by atoms with Crippen molar-refractivity contribution < 1.29 is 8.42 Å². The molecule has 106 valence electrons. The number of benzene rings is 2. The Morgan fingerprint density at radius 1 is 1.05 bits per heavy atom. The van der Waals surface area contributed by atoms with E-state index in [4.69, 9.17) is 17.4 Å². The van der Waals surface area contributed by atoms with Crippen LogP contribution in [-0.2, 0) is 10.0 Å². The number of primary sulfonamides is 1. The Labute approximate surface area is 126 Å². The van der Waals surface area contributed by atoms with Gasteiger partial charge in [0, 0.05) is 16.3 Å². The lowest BCUT2D eigenvalue weighted by atomic mass is 10.1. The van der Waals surface area contributed by atoms with Crippen molar-refractivity contribution in [3.63, 3.8) is 0 Å². The molecule has 0 radical (unpaired) electrons. The molecule has 0 bridgehead atoms. The molecular weight excluding hydrogens is 306 g/mol. The van der Waals surface area contributed by atoms with Gasteiger partial charge in [0.05, 0.1) is 10.6 Å². The molecular formula is C14H11N3O2S2. The predicted octanol–water partition coefficient (Wildman–Crippen LogP) is 2.61. The molecule has 3 N–H and O–H groups in total. The molecule has 0 aliphatic heterocycles. The Morgan fingerprint density at radius 3 is 2.48 bits per heavy atom. The van der Waals surface area contributed by atoms with E-state index in [1.165, 1.54) is 12.1 Å². The normalized spacial score (nSPS) is 11.7. The first kappa shape index (κ1) is 13.9. The molecule has 0 amide bonds. The first-order valence-corrected chi connectivity index (χ1v) is 8.03. The van der Waals surface area contributed by atoms with E-state index in [0.29, 0.717) is 15.9 Å². The van der Waals surface area contributed by atoms with Crippen molar-refractivity contribution in [2.45, 2.75) is 4.90 Å². The largest absolute Gasteiger partial charge is 0.267 e. The number of fused-ring (bicyclic) bond motifs is 1. The average molecular weight is 317 g/mol. The molecule has 1 aromatic heterocycles. The van der Waals surface area contributed by atoms with Crippen LogP contribution in [0.4, 0.5) is 0 Å². The smallest absolute Gasteiger partial charge is 0.238 e. The Morgan fingerprint density at radius 2 is 1.76 bits per heavy atom. The van der Waals surface area contributed by atoms with Gasteiger partial charge in [0.1, 0.15) is 4.64 Å². The van der Waals surface area contributed by atoms with Crippen LogP contribution in [0.5, 0.6) is 0 Å². The maximum atomic E-state index is 11.5. The molecule has 0 spiro atoms. The van der Waals surface area contributed by atoms with Crippen molar-refractivity contribution >= 4 is 33.0 Å². The summed E-state index contributed by atoms with van der Waals surface area (Å²) in [6.07, 6.45) is 0. The summed E-state index contributed by atoms with van der Waals surface area (Å²) in [4.78, 5) is 0.0494. The van der Waals surface area contributed by atoms with Crippen LogP contribution in [0.1, 0.15) is 0 Å². The number of nitrogens with one attached hydrogen (secondary N) is 1. The summed E-state index contributed by atoms with van der Waals surface area (Å²) in [7, 11) is -3.75. The van der Waals surface area contributed by atoms with E-state index in [1.807, 2.05) is 24.3 Å². The summed E-state index contributed by atoms with van der Waals surface area (Å²) < 4.78 is 23.5. The lowest BCUT2D eigenvalue weighted by Crippen LogP contribution is -2.12. The van der Waals surface area contributed by atoms with E-state index in [1.54, 1.807) is 12.1 Å². The fourth-order valence-electron chi connectivity index (χ4n) is 2.16. The Kier molecular flexibility index (Phi) is 3.32. The molecule has 0 atom stereocenters. The van der Waals surface area contributed by atoms with Crippen LogP contribution in [0.2, 0.25) is 0 Å². The van der Waals surface area contributed by atoms with Crippen LogP contribution in [0.3, 0.4) is 0 Å². The predicted molar refractivity (Wildman–Crippen MR) is 83.7 cm³/mol. The van der Waals surface area contributed by atoms with Crippen LogP contribution in [-0.4, -0.2) is 18.6 Å². The van der Waals surface area contributed by atoms with Gasteiger partial charge in [-0.2, -0.15) is 5.10 Å². The average Bonchev–Trinajstić information content (AvgIpc) is 2.47. The van der Waals surface area contributed by atoms with Crippen LogP contribution in [0, 0.1) is 4.64 Å². The summed E-state index contributed by atoms with van der Waals surface area (Å²) in [6, 6.07) is 13.9. The minimum Gasteiger partial charge on any atom is -0.267 e. The third kappa shape index (κ3) is 2.58. The van der Waals surface area contributed by atoms with Crippen LogP contribution >= 0.6 is 12.2 Å². The number of nitrogens with zero attached hydrogens (tertiary/aromatic N) is 1. The van der Waals surface area contributed by atoms with E-state index in [9.17, 15) is 8.42 Å². The van der Waals surface area contributed by atoms with Gasteiger partial charge in [-0.25, -0.2) is 13.6 Å². The number of hydrogen-bond acceptors (Lipinski definition) is 4. The maximum absolute atomic E-state index is 11.5. The number of sulfonamides is 1. The summed E-state index contributed by atoms with van der Waals surface area (Å²) in [5.74, 6) is 0. The standard InChI is InChI=1S/C14H11N3O2S2/c15-21(18,19)10-5-3-4-9(8-10)13-11-6-1-2-7-12(11)14(20)17-16-13/h1-8H,(H,17,20)(H2,15,18,19). The molecule has 3 aromatic rings. The van der Waals surface area contributed by atoms with Gasteiger partial charge in [-0.1, -0.05) is 48.6 Å². The van der Waals surface area contributed by atoms with Crippen molar-refractivity contribution in [1.82, 2.24) is 10.2 Å². The van der Waals surface area contributed by atoms with Gasteiger partial charge in [0.25, 0.3) is 0 Å². The minimum absolute atomic E-state index is 0.0494. The van der Waals surface area contributed by atoms with Crippen LogP contribution in [0.25, 0.3) is 22.0 Å². The quantitative estimate of drug-likeness (QED) is 0.711. The molecule has 21 heavy (non-hydrogen) atoms. The van der Waals surface area contributed by atoms with Gasteiger partial charge < -0.3 is 0 Å². The Bertz CT molecular complexity index is 994. The van der Waals surface area contributed by atoms with Crippen molar-refractivity contribution in [2.24, 2.45) is 5.14 Å². The first-order chi connectivity index (χ1) is 9.97. The van der Waals surface area contributed by atoms with Gasteiger partial charge in [0.15, 0.2) is 0 Å². The number of H-pyrrole nitrogens is 1. The Balaban J connectivity index is 2.32. The van der Waals surface area contributed by atoms with Gasteiger partial charge in [-0.15, -0.1) is 0 Å². The SMILES string of the molecule is NS(=O)(=O)c1cccc(-c2n[nH]c(=S)c3ccccc23)c1. The third-order valence-corrected chi connectivity index (χ3v) is 4.35. The lowest BCUT2D eigenvalue weighted by Gasteiger charge is -2.07. The highest BCUT2D eigenvalue weighted by atomic mass is 32.2. The first-order valence-electron chi connectivity index (χ1n) is 6.07. The van der Waals surface area contributed by atoms with Crippen molar-refractivity contribution in [3.8, 4) is 11.3 Å². The molecule has 0 fully saturated rings. The molecule has 2 aromatic carbocycles. The number of hydrogen-bond donors (Lipinski definition) is 2. The van der Waals surface area contributed by atoms with Gasteiger partial charge in [-0.05, 0) is 12.1 Å². The monoisotopic (exact) mass is 317 g/mol. The van der Waals surface area contributed by atoms with Crippen LogP contribution in [0.15, 0.2) is 53.4 Å². The van der Waals surface area contributed by atoms with E-state index in [2.05, 4.69) is 10.2 Å². The molecule has 0 saturated carbocycles. The molecule has 3 rings (SSSR count). The summed E-state index contributed by atoms with van der Waals surface area (Å²) in [6.45, 7) is 0. The second-order valence-corrected chi connectivity index (χ2v) is 6.49. The van der Waals surface area contributed by atoms with Gasteiger partial charge >= 0.3 is 0 Å². The molecule has 7 heteroatoms. The fraction of sp³-hybridized carbons (Fsp3) is 0. The topological polar surface area (TPSA) is 88.8 Å². The van der Waals surface area contributed by atoms with Crippen molar-refractivity contribution in [2.75, 3.05) is 0 Å². The molecule has 0 saturated heterocycles. The zero-order valence-electron chi connectivity index (χ0n) is 10.8. The number of rotatable bonds is 2. The van der Waals surface area contributed by atoms with E-state index in [0.717, 1.165) is 10.8 Å². The zero-order chi connectivity index (χ0) is 15.0. The summed E-state index contributed by atoms with van der Waals surface area (Å²) in [5, 5.41) is 13.9. The number of aromatic amines is 1. The fourth-order valence-corrected chi connectivity index (χ4v) is 2.94. The second-order valence-electron chi connectivity index (χ2n) is 4.52. The highest BCUT2D eigenvalue weighted by Crippen LogP contribution is 2.27. The van der Waals surface area contributed by atoms with E-state index >= 15 is 0 Å². The van der Waals surface area contributed by atoms with Crippen molar-refractivity contribution in [3.05, 3.63) is 53.2 Å². The Hall–Kier alpha value is -2.09. The second kappa shape index (κ2) is 5.03. The van der Waals surface area contributed by atoms with E-state index < -0.39 is 10.0 Å². The molecule has 0 unspecified atom stereocenters. The molecule has 1 heterocycles. The highest BCUT2D eigenvalue weighted by Gasteiger charge is 2.11. The molecule has 0 aliphatic rings. The number of nitrogens with two attached hydrogens (primary N) is 1. The maximum Gasteiger partial charge on any atom is 0.238 e. The zero-order valence-corrected chi connectivity index (χ0v) is 12.4. The van der Waals surface area contributed by atoms with E-state index in [-0.39, 0.29) is 4.90 Å². The third-order valence-electron chi connectivity index (χ3n) is 3.13. The van der Waals surface area contributed by atoms with Gasteiger partial charge in [-0.3, -0.25) is 5.10 Å². The van der Waals surface area contributed by atoms with Crippen LogP contribution < -0.4 is 5.14 Å². The summed E-state index contributed by atoms with van der Waals surface area (Å²) >= 11 is 5.21. The highest BCUT2D eigenvalue weighted by molar-refractivity contribution is 7.89. The lowest BCUT2D eigenvalue weighted by molar-refractivity contribution is 0.598. The minimum atomic E-state index is -3.75. The molecule has 5 nitrogen and oxygen atoms in total. The number of aromatic nitrogens is 2. The summed E-state index contributed by atoms with van der Waals surface area (Å²) in [5.41, 5.74) is 1.29. The van der Waals surface area contributed by atoms with Gasteiger partial charge in [0.2, 0.25) is 10.0 Å². The molecule has 0 aliphatic carbocycles.